The molecule has 150 valence electrons. The van der Waals surface area contributed by atoms with Gasteiger partial charge in [-0.05, 0) is 50.1 Å². The van der Waals surface area contributed by atoms with Gasteiger partial charge in [-0.1, -0.05) is 24.3 Å². The Kier molecular flexibility index (Phi) is 6.65. The van der Waals surface area contributed by atoms with Gasteiger partial charge >= 0.3 is 12.1 Å². The number of carbonyl (C=O) groups excluding carboxylic acids is 2. The first-order chi connectivity index (χ1) is 13.0. The summed E-state index contributed by atoms with van der Waals surface area (Å²) in [6.45, 7) is 4.64. The Morgan fingerprint density at radius 3 is 2.57 bits per heavy atom. The number of esters is 1. The highest BCUT2D eigenvalue weighted by atomic mass is 19.4. The van der Waals surface area contributed by atoms with Crippen molar-refractivity contribution in [1.29, 1.82) is 0 Å². The van der Waals surface area contributed by atoms with Gasteiger partial charge in [-0.3, -0.25) is 0 Å². The molecule has 2 rings (SSSR count). The van der Waals surface area contributed by atoms with Crippen molar-refractivity contribution >= 4 is 11.9 Å². The summed E-state index contributed by atoms with van der Waals surface area (Å²) in [6, 6.07) is 4.66. The van der Waals surface area contributed by atoms with E-state index in [0.717, 1.165) is 12.1 Å². The smallest absolute Gasteiger partial charge is 0.416 e. The van der Waals surface area contributed by atoms with Crippen LogP contribution in [0.5, 0.6) is 0 Å². The number of allylic oxidation sites excluding steroid dienone is 3. The first kappa shape index (κ1) is 21.7. The second-order valence-electron chi connectivity index (χ2n) is 7.28. The van der Waals surface area contributed by atoms with Gasteiger partial charge in [0, 0.05) is 12.0 Å². The average Bonchev–Trinajstić information content (AvgIpc) is 2.60. The molecule has 1 atom stereocenters. The van der Waals surface area contributed by atoms with Crippen LogP contribution >= 0.6 is 0 Å². The second-order valence-corrected chi connectivity index (χ2v) is 7.28. The van der Waals surface area contributed by atoms with E-state index in [1.807, 2.05) is 0 Å². The van der Waals surface area contributed by atoms with Crippen molar-refractivity contribution in [2.75, 3.05) is 6.61 Å². The van der Waals surface area contributed by atoms with Gasteiger partial charge in [0.2, 0.25) is 0 Å². The first-order valence-electron chi connectivity index (χ1n) is 8.62. The van der Waals surface area contributed by atoms with Crippen LogP contribution in [0.2, 0.25) is 0 Å². The highest BCUT2D eigenvalue weighted by Gasteiger charge is 2.31. The van der Waals surface area contributed by atoms with Gasteiger partial charge in [-0.25, -0.2) is 9.59 Å². The Morgan fingerprint density at radius 1 is 1.25 bits per heavy atom. The molecule has 0 spiro atoms. The molecule has 0 bridgehead atoms. The molecule has 0 amide bonds. The molecule has 0 heterocycles. The molecule has 7 heteroatoms. The molecule has 0 N–H and O–H groups in total. The van der Waals surface area contributed by atoms with Crippen molar-refractivity contribution < 1.29 is 32.2 Å². The van der Waals surface area contributed by atoms with Gasteiger partial charge in [0.05, 0.1) is 5.56 Å². The quantitative estimate of drug-likeness (QED) is 0.534. The fourth-order valence-electron chi connectivity index (χ4n) is 2.65. The minimum atomic E-state index is -4.52. The van der Waals surface area contributed by atoms with E-state index in [2.05, 4.69) is 0 Å². The van der Waals surface area contributed by atoms with E-state index < -0.39 is 36.0 Å². The summed E-state index contributed by atoms with van der Waals surface area (Å²) >= 11 is 0. The highest BCUT2D eigenvalue weighted by Crippen LogP contribution is 2.35. The Bertz CT molecular complexity index is 838. The van der Waals surface area contributed by atoms with E-state index in [0.29, 0.717) is 17.6 Å². The molecule has 1 aromatic carbocycles. The Morgan fingerprint density at radius 2 is 1.96 bits per heavy atom. The van der Waals surface area contributed by atoms with Gasteiger partial charge in [-0.2, -0.15) is 13.2 Å². The Balaban J connectivity index is 2.35. The van der Waals surface area contributed by atoms with Crippen LogP contribution in [0.25, 0.3) is 0 Å². The SMILES string of the molecule is CC(C)(C)OC(=O)COC(C1=CC(=C=O)CC=C1)c1cccc(C(F)(F)F)c1. The third-order valence-electron chi connectivity index (χ3n) is 3.73. The van der Waals surface area contributed by atoms with E-state index in [1.165, 1.54) is 18.2 Å². The molecule has 0 saturated heterocycles. The monoisotopic (exact) mass is 394 g/mol. The van der Waals surface area contributed by atoms with Crippen LogP contribution in [0.1, 0.15) is 44.4 Å². The Labute approximate surface area is 161 Å². The van der Waals surface area contributed by atoms with Crippen LogP contribution in [-0.2, 0) is 25.2 Å². The molecule has 1 aliphatic rings. The van der Waals surface area contributed by atoms with Gasteiger partial charge in [-0.15, -0.1) is 0 Å². The molecule has 1 unspecified atom stereocenters. The molecule has 0 aliphatic heterocycles. The van der Waals surface area contributed by atoms with Crippen LogP contribution in [0, 0.1) is 0 Å². The number of hydrogen-bond donors (Lipinski definition) is 0. The van der Waals surface area contributed by atoms with Crippen LogP contribution in [0.3, 0.4) is 0 Å². The number of carbonyl (C=O) groups is 1. The largest absolute Gasteiger partial charge is 0.458 e. The van der Waals surface area contributed by atoms with Crippen molar-refractivity contribution in [3.05, 3.63) is 64.8 Å². The number of benzene rings is 1. The number of halogens is 3. The van der Waals surface area contributed by atoms with Crippen LogP contribution in [0.15, 0.2) is 53.6 Å². The van der Waals surface area contributed by atoms with Crippen molar-refractivity contribution in [2.24, 2.45) is 0 Å². The van der Waals surface area contributed by atoms with E-state index in [9.17, 15) is 22.8 Å². The van der Waals surface area contributed by atoms with E-state index in [4.69, 9.17) is 9.47 Å². The number of hydrogen-bond acceptors (Lipinski definition) is 4. The summed E-state index contributed by atoms with van der Waals surface area (Å²) in [4.78, 5) is 23.0. The first-order valence-corrected chi connectivity index (χ1v) is 8.62. The Hall–Kier alpha value is -2.63. The second kappa shape index (κ2) is 8.59. The lowest BCUT2D eigenvalue weighted by Gasteiger charge is -2.24. The molecule has 4 nitrogen and oxygen atoms in total. The van der Waals surface area contributed by atoms with Crippen LogP contribution in [-0.4, -0.2) is 24.1 Å². The maximum Gasteiger partial charge on any atom is 0.416 e. The van der Waals surface area contributed by atoms with Gasteiger partial charge in [0.1, 0.15) is 24.3 Å². The predicted molar refractivity (Wildman–Crippen MR) is 97.0 cm³/mol. The minimum absolute atomic E-state index is 0.210. The summed E-state index contributed by atoms with van der Waals surface area (Å²) in [6.07, 6.45) is -0.277. The summed E-state index contributed by atoms with van der Waals surface area (Å²) in [5, 5.41) is 0. The molecule has 1 aromatic rings. The van der Waals surface area contributed by atoms with Gasteiger partial charge in [0.25, 0.3) is 0 Å². The number of ether oxygens (including phenoxy) is 2. The van der Waals surface area contributed by atoms with E-state index >= 15 is 0 Å². The zero-order valence-corrected chi connectivity index (χ0v) is 15.8. The van der Waals surface area contributed by atoms with E-state index in [-0.39, 0.29) is 5.56 Å². The maximum absolute atomic E-state index is 13.1. The fraction of sp³-hybridized carbons (Fsp3) is 0.381. The standard InChI is InChI=1S/C21H21F3O4/c1-20(2,3)28-18(26)13-27-19(15-7-4-6-14(10-15)12-25)16-8-5-9-17(11-16)21(22,23)24/h4-5,7-11,19H,6,13H2,1-3H3. The topological polar surface area (TPSA) is 52.6 Å². The van der Waals surface area contributed by atoms with Gasteiger partial charge < -0.3 is 9.47 Å². The summed E-state index contributed by atoms with van der Waals surface area (Å²) in [7, 11) is 0. The summed E-state index contributed by atoms with van der Waals surface area (Å²) in [5.74, 6) is 1.14. The molecule has 0 fully saturated rings. The molecular weight excluding hydrogens is 373 g/mol. The molecule has 1 aliphatic carbocycles. The van der Waals surface area contributed by atoms with Gasteiger partial charge in [0.15, 0.2) is 0 Å². The molecule has 0 radical (unpaired) electrons. The lowest BCUT2D eigenvalue weighted by molar-refractivity contribution is -0.161. The normalized spacial score (nSPS) is 15.6. The fourth-order valence-corrected chi connectivity index (χ4v) is 2.65. The molecule has 28 heavy (non-hydrogen) atoms. The molecular formula is C21H21F3O4. The predicted octanol–water partition coefficient (Wildman–Crippen LogP) is 4.75. The minimum Gasteiger partial charge on any atom is -0.458 e. The van der Waals surface area contributed by atoms with Crippen molar-refractivity contribution in [3.63, 3.8) is 0 Å². The third kappa shape index (κ3) is 6.22. The maximum atomic E-state index is 13.1. The lowest BCUT2D eigenvalue weighted by Crippen LogP contribution is -2.27. The zero-order valence-electron chi connectivity index (χ0n) is 15.8. The molecule has 0 saturated carbocycles. The van der Waals surface area contributed by atoms with E-state index in [1.54, 1.807) is 38.9 Å². The summed E-state index contributed by atoms with van der Waals surface area (Å²) < 4.78 is 50.1. The van der Waals surface area contributed by atoms with Crippen molar-refractivity contribution in [1.82, 2.24) is 0 Å². The summed E-state index contributed by atoms with van der Waals surface area (Å²) in [5.41, 5.74) is -0.546. The average molecular weight is 394 g/mol. The highest BCUT2D eigenvalue weighted by molar-refractivity contribution is 5.71. The number of rotatable bonds is 5. The lowest BCUT2D eigenvalue weighted by atomic mass is 9.93. The third-order valence-corrected chi connectivity index (χ3v) is 3.73. The zero-order chi connectivity index (χ0) is 20.9. The molecule has 0 aromatic heterocycles. The van der Waals surface area contributed by atoms with Crippen LogP contribution < -0.4 is 0 Å². The van der Waals surface area contributed by atoms with Crippen molar-refractivity contribution in [2.45, 2.75) is 45.1 Å². The van der Waals surface area contributed by atoms with Crippen LogP contribution in [0.4, 0.5) is 13.2 Å². The van der Waals surface area contributed by atoms with Crippen molar-refractivity contribution in [3.8, 4) is 0 Å². The number of alkyl halides is 3.